The number of anilines is 1. The molecule has 9 heteroatoms. The molecule has 4 aromatic rings. The molecule has 0 fully saturated rings. The molecule has 0 radical (unpaired) electrons. The Hall–Kier alpha value is -3.14. The van der Waals surface area contributed by atoms with Gasteiger partial charge < -0.3 is 4.90 Å². The van der Waals surface area contributed by atoms with Crippen molar-refractivity contribution in [3.05, 3.63) is 83.4 Å². The highest BCUT2D eigenvalue weighted by Gasteiger charge is 2.31. The number of nitrogens with zero attached hydrogens (tertiary/aromatic N) is 3. The van der Waals surface area contributed by atoms with Gasteiger partial charge in [0.25, 0.3) is 5.91 Å². The summed E-state index contributed by atoms with van der Waals surface area (Å²) in [6, 6.07) is 19.9. The van der Waals surface area contributed by atoms with Gasteiger partial charge in [0, 0.05) is 23.8 Å². The molecule has 0 aliphatic carbocycles. The molecule has 7 nitrogen and oxygen atoms in total. The van der Waals surface area contributed by atoms with Crippen molar-refractivity contribution in [1.29, 1.82) is 0 Å². The summed E-state index contributed by atoms with van der Waals surface area (Å²) in [6.45, 7) is 2.12. The molecule has 1 N–H and O–H groups in total. The Morgan fingerprint density at radius 3 is 2.72 bits per heavy atom. The number of carbonyl (C=O) groups excluding carboxylic acids is 1. The van der Waals surface area contributed by atoms with E-state index in [-0.39, 0.29) is 23.4 Å². The highest BCUT2D eigenvalue weighted by molar-refractivity contribution is 7.89. The van der Waals surface area contributed by atoms with Gasteiger partial charge in [-0.2, -0.15) is 8.75 Å². The molecule has 1 atom stereocenters. The van der Waals surface area contributed by atoms with E-state index in [1.54, 1.807) is 29.2 Å². The van der Waals surface area contributed by atoms with E-state index < -0.39 is 10.0 Å². The largest absolute Gasteiger partial charge is 0.305 e. The molecule has 0 spiro atoms. The van der Waals surface area contributed by atoms with Crippen LogP contribution < -0.4 is 9.62 Å². The zero-order valence-corrected chi connectivity index (χ0v) is 18.9. The van der Waals surface area contributed by atoms with Gasteiger partial charge in [-0.1, -0.05) is 36.4 Å². The third-order valence-electron chi connectivity index (χ3n) is 5.61. The fourth-order valence-electron chi connectivity index (χ4n) is 4.05. The van der Waals surface area contributed by atoms with Crippen molar-refractivity contribution in [3.63, 3.8) is 0 Å². The Morgan fingerprint density at radius 1 is 1.09 bits per heavy atom. The molecule has 162 valence electrons. The number of nitrogens with one attached hydrogen (secondary N) is 1. The lowest BCUT2D eigenvalue weighted by Gasteiger charge is -2.23. The predicted octanol–water partition coefficient (Wildman–Crippen LogP) is 3.76. The monoisotopic (exact) mass is 464 g/mol. The van der Waals surface area contributed by atoms with Crippen molar-refractivity contribution in [2.45, 2.75) is 30.8 Å². The summed E-state index contributed by atoms with van der Waals surface area (Å²) in [5, 5.41) is 0. The fraction of sp³-hybridized carbons (Fsp3) is 0.174. The number of hydrogen-bond acceptors (Lipinski definition) is 6. The van der Waals surface area contributed by atoms with Crippen molar-refractivity contribution in [1.82, 2.24) is 13.5 Å². The third-order valence-corrected chi connectivity index (χ3v) is 7.59. The van der Waals surface area contributed by atoms with E-state index >= 15 is 0 Å². The normalized spacial score (nSPS) is 15.8. The topological polar surface area (TPSA) is 92.3 Å². The van der Waals surface area contributed by atoms with Crippen molar-refractivity contribution in [2.24, 2.45) is 0 Å². The second kappa shape index (κ2) is 8.09. The molecule has 0 unspecified atom stereocenters. The number of hydrogen-bond donors (Lipinski definition) is 1. The lowest BCUT2D eigenvalue weighted by Crippen LogP contribution is -2.35. The Bertz CT molecular complexity index is 1420. The number of aromatic nitrogens is 2. The van der Waals surface area contributed by atoms with Gasteiger partial charge >= 0.3 is 0 Å². The van der Waals surface area contributed by atoms with Crippen LogP contribution in [0.1, 0.15) is 28.4 Å². The van der Waals surface area contributed by atoms with Crippen LogP contribution in [0.15, 0.2) is 71.6 Å². The first kappa shape index (κ1) is 20.7. The Labute approximate surface area is 190 Å². The predicted molar refractivity (Wildman–Crippen MR) is 124 cm³/mol. The molecule has 1 aromatic heterocycles. The quantitative estimate of drug-likeness (QED) is 0.486. The SMILES string of the molecule is C[C@H]1Cc2ccc(CNS(=O)(=O)c3cccc4nsnc34)cc2N1C(=O)c1ccccc1. The molecule has 1 aliphatic heterocycles. The molecule has 3 aromatic carbocycles. The third kappa shape index (κ3) is 3.68. The maximum Gasteiger partial charge on any atom is 0.258 e. The molecule has 1 amide bonds. The van der Waals surface area contributed by atoms with E-state index in [2.05, 4.69) is 13.5 Å². The number of sulfonamides is 1. The molecular weight excluding hydrogens is 444 g/mol. The number of fused-ring (bicyclic) bond motifs is 2. The summed E-state index contributed by atoms with van der Waals surface area (Å²) in [7, 11) is -3.78. The average Bonchev–Trinajstić information content (AvgIpc) is 3.41. The van der Waals surface area contributed by atoms with Gasteiger partial charge in [0.15, 0.2) is 0 Å². The maximum absolute atomic E-state index is 13.1. The van der Waals surface area contributed by atoms with Gasteiger partial charge in [-0.3, -0.25) is 4.79 Å². The van der Waals surface area contributed by atoms with Crippen molar-refractivity contribution < 1.29 is 13.2 Å². The van der Waals surface area contributed by atoms with Crippen LogP contribution in [0.2, 0.25) is 0 Å². The first-order valence-corrected chi connectivity index (χ1v) is 12.4. The van der Waals surface area contributed by atoms with Gasteiger partial charge in [-0.15, -0.1) is 0 Å². The highest BCUT2D eigenvalue weighted by atomic mass is 32.2. The summed E-state index contributed by atoms with van der Waals surface area (Å²) in [5.41, 5.74) is 4.23. The van der Waals surface area contributed by atoms with Crippen LogP contribution in [0.5, 0.6) is 0 Å². The second-order valence-corrected chi connectivity index (χ2v) is 10.0. The molecule has 0 bridgehead atoms. The van der Waals surface area contributed by atoms with Gasteiger partial charge in [0.05, 0.1) is 11.7 Å². The minimum atomic E-state index is -3.78. The summed E-state index contributed by atoms with van der Waals surface area (Å²) in [6.07, 6.45) is 0.763. The lowest BCUT2D eigenvalue weighted by molar-refractivity contribution is 0.0981. The van der Waals surface area contributed by atoms with Gasteiger partial charge in [0.1, 0.15) is 15.9 Å². The Kier molecular flexibility index (Phi) is 5.24. The van der Waals surface area contributed by atoms with Gasteiger partial charge in [0.2, 0.25) is 10.0 Å². The Morgan fingerprint density at radius 2 is 1.91 bits per heavy atom. The van der Waals surface area contributed by atoms with Crippen LogP contribution in [0.25, 0.3) is 11.0 Å². The van der Waals surface area contributed by atoms with Crippen molar-refractivity contribution >= 4 is 44.4 Å². The number of carbonyl (C=O) groups is 1. The van der Waals surface area contributed by atoms with E-state index in [4.69, 9.17) is 0 Å². The van der Waals surface area contributed by atoms with Crippen LogP contribution in [-0.4, -0.2) is 29.1 Å². The maximum atomic E-state index is 13.1. The smallest absolute Gasteiger partial charge is 0.258 e. The highest BCUT2D eigenvalue weighted by Crippen LogP contribution is 2.34. The fourth-order valence-corrected chi connectivity index (χ4v) is 5.83. The molecule has 2 heterocycles. The van der Waals surface area contributed by atoms with Crippen LogP contribution in [0.3, 0.4) is 0 Å². The lowest BCUT2D eigenvalue weighted by atomic mass is 10.1. The minimum absolute atomic E-state index is 0.0272. The van der Waals surface area contributed by atoms with Gasteiger partial charge in [-0.05, 0) is 54.8 Å². The first-order chi connectivity index (χ1) is 15.4. The molecule has 32 heavy (non-hydrogen) atoms. The molecule has 1 aliphatic rings. The zero-order chi connectivity index (χ0) is 22.3. The summed E-state index contributed by atoms with van der Waals surface area (Å²) >= 11 is 0.983. The average molecular weight is 465 g/mol. The summed E-state index contributed by atoms with van der Waals surface area (Å²) < 4.78 is 36.7. The summed E-state index contributed by atoms with van der Waals surface area (Å²) in [5.74, 6) is -0.0581. The number of rotatable bonds is 5. The van der Waals surface area contributed by atoms with Crippen LogP contribution in [-0.2, 0) is 23.0 Å². The zero-order valence-electron chi connectivity index (χ0n) is 17.2. The van der Waals surface area contributed by atoms with E-state index in [0.29, 0.717) is 16.6 Å². The van der Waals surface area contributed by atoms with Crippen molar-refractivity contribution in [3.8, 4) is 0 Å². The van der Waals surface area contributed by atoms with E-state index in [1.165, 1.54) is 6.07 Å². The number of benzene rings is 3. The van der Waals surface area contributed by atoms with Crippen molar-refractivity contribution in [2.75, 3.05) is 4.90 Å². The van der Waals surface area contributed by atoms with E-state index in [9.17, 15) is 13.2 Å². The first-order valence-electron chi connectivity index (χ1n) is 10.2. The van der Waals surface area contributed by atoms with Crippen LogP contribution >= 0.6 is 11.7 Å². The standard InChI is InChI=1S/C23H20N4O3S2/c1-15-12-18-11-10-16(13-20(18)27(15)23(28)17-6-3-2-4-7-17)14-24-32(29,30)21-9-5-8-19-22(21)26-31-25-19/h2-11,13,15,24H,12,14H2,1H3/t15-/m0/s1. The van der Waals surface area contributed by atoms with Crippen LogP contribution in [0, 0.1) is 0 Å². The van der Waals surface area contributed by atoms with Gasteiger partial charge in [-0.25, -0.2) is 13.1 Å². The molecular formula is C23H20N4O3S2. The summed E-state index contributed by atoms with van der Waals surface area (Å²) in [4.78, 5) is 15.0. The van der Waals surface area contributed by atoms with E-state index in [0.717, 1.165) is 35.0 Å². The minimum Gasteiger partial charge on any atom is -0.305 e. The van der Waals surface area contributed by atoms with E-state index in [1.807, 2.05) is 43.3 Å². The Balaban J connectivity index is 1.40. The molecule has 5 rings (SSSR count). The number of amides is 1. The molecule has 0 saturated heterocycles. The van der Waals surface area contributed by atoms with Crippen LogP contribution in [0.4, 0.5) is 5.69 Å². The molecule has 0 saturated carbocycles. The second-order valence-electron chi connectivity index (χ2n) is 7.77.